The molecule has 1 saturated heterocycles. The maximum absolute atomic E-state index is 11.5. The molecule has 1 aliphatic rings. The summed E-state index contributed by atoms with van der Waals surface area (Å²) in [5.41, 5.74) is 1.22. The number of nitrogens with one attached hydrogen (secondary N) is 1. The van der Waals surface area contributed by atoms with Crippen LogP contribution in [-0.2, 0) is 17.3 Å². The first-order valence-electron chi connectivity index (χ1n) is 7.04. The highest BCUT2D eigenvalue weighted by Crippen LogP contribution is 2.25. The van der Waals surface area contributed by atoms with Crippen LogP contribution >= 0.6 is 11.3 Å². The van der Waals surface area contributed by atoms with E-state index in [0.29, 0.717) is 0 Å². The zero-order valence-electron chi connectivity index (χ0n) is 11.7. The van der Waals surface area contributed by atoms with Crippen molar-refractivity contribution in [3.8, 4) is 0 Å². The third kappa shape index (κ3) is 2.75. The van der Waals surface area contributed by atoms with Gasteiger partial charge in [-0.2, -0.15) is 0 Å². The fourth-order valence-electron chi connectivity index (χ4n) is 2.47. The second-order valence-corrected chi connectivity index (χ2v) is 7.52. The number of thiazole rings is 1. The number of rotatable bonds is 5. The Bertz CT molecular complexity index is 597. The standard InChI is InChI=1S/C13H20N4OS2/c1-2-3-14-10-11-12(15-13-17(11)4-7-19-13)16-5-8-20(18)9-6-16/h4,7,14H,2-3,5-6,8-10H2,1H3. The van der Waals surface area contributed by atoms with Gasteiger partial charge in [-0.25, -0.2) is 4.98 Å². The highest BCUT2D eigenvalue weighted by molar-refractivity contribution is 7.85. The topological polar surface area (TPSA) is 49.6 Å². The maximum atomic E-state index is 11.5. The van der Waals surface area contributed by atoms with Crippen LogP contribution in [0.2, 0.25) is 0 Å². The van der Waals surface area contributed by atoms with Crippen molar-refractivity contribution in [1.29, 1.82) is 0 Å². The lowest BCUT2D eigenvalue weighted by Gasteiger charge is -2.27. The molecule has 2 aromatic rings. The van der Waals surface area contributed by atoms with Crippen LogP contribution in [0.4, 0.5) is 5.82 Å². The van der Waals surface area contributed by atoms with Crippen LogP contribution in [0.15, 0.2) is 11.6 Å². The molecule has 1 aliphatic heterocycles. The van der Waals surface area contributed by atoms with Crippen molar-refractivity contribution >= 4 is 32.9 Å². The summed E-state index contributed by atoms with van der Waals surface area (Å²) < 4.78 is 13.7. The highest BCUT2D eigenvalue weighted by Gasteiger charge is 2.22. The molecular weight excluding hydrogens is 292 g/mol. The van der Waals surface area contributed by atoms with Crippen molar-refractivity contribution in [2.24, 2.45) is 0 Å². The zero-order valence-corrected chi connectivity index (χ0v) is 13.3. The molecule has 0 amide bonds. The molecule has 0 aromatic carbocycles. The van der Waals surface area contributed by atoms with E-state index in [1.807, 2.05) is 0 Å². The molecule has 0 aliphatic carbocycles. The smallest absolute Gasteiger partial charge is 0.195 e. The first-order valence-corrected chi connectivity index (χ1v) is 9.41. The molecule has 20 heavy (non-hydrogen) atoms. The van der Waals surface area contributed by atoms with E-state index >= 15 is 0 Å². The molecule has 1 fully saturated rings. The first kappa shape index (κ1) is 14.0. The summed E-state index contributed by atoms with van der Waals surface area (Å²) in [6.45, 7) is 5.71. The van der Waals surface area contributed by atoms with Crippen molar-refractivity contribution in [1.82, 2.24) is 14.7 Å². The van der Waals surface area contributed by atoms with Crippen LogP contribution in [0.1, 0.15) is 19.0 Å². The molecule has 2 aromatic heterocycles. The molecule has 1 N–H and O–H groups in total. The molecule has 0 unspecified atom stereocenters. The first-order chi connectivity index (χ1) is 9.79. The van der Waals surface area contributed by atoms with Crippen molar-refractivity contribution in [2.75, 3.05) is 36.0 Å². The number of hydrogen-bond acceptors (Lipinski definition) is 5. The van der Waals surface area contributed by atoms with Gasteiger partial charge < -0.3 is 10.2 Å². The average molecular weight is 312 g/mol. The maximum Gasteiger partial charge on any atom is 0.195 e. The van der Waals surface area contributed by atoms with Crippen LogP contribution in [-0.4, -0.2) is 44.7 Å². The number of nitrogens with zero attached hydrogens (tertiary/aromatic N) is 3. The molecule has 110 valence electrons. The summed E-state index contributed by atoms with van der Waals surface area (Å²) in [6, 6.07) is 0. The molecular formula is C13H20N4OS2. The van der Waals surface area contributed by atoms with E-state index in [-0.39, 0.29) is 0 Å². The quantitative estimate of drug-likeness (QED) is 0.849. The lowest BCUT2D eigenvalue weighted by Crippen LogP contribution is -2.38. The molecule has 0 saturated carbocycles. The van der Waals surface area contributed by atoms with E-state index in [4.69, 9.17) is 4.98 Å². The number of aromatic nitrogens is 2. The minimum atomic E-state index is -0.645. The fraction of sp³-hybridized carbons (Fsp3) is 0.615. The van der Waals surface area contributed by atoms with Gasteiger partial charge in [0, 0.05) is 53.5 Å². The van der Waals surface area contributed by atoms with Gasteiger partial charge in [0.05, 0.1) is 5.69 Å². The molecule has 5 nitrogen and oxygen atoms in total. The Morgan fingerprint density at radius 2 is 2.25 bits per heavy atom. The van der Waals surface area contributed by atoms with Crippen LogP contribution in [0.5, 0.6) is 0 Å². The van der Waals surface area contributed by atoms with E-state index in [1.165, 1.54) is 5.69 Å². The van der Waals surface area contributed by atoms with Gasteiger partial charge in [-0.05, 0) is 13.0 Å². The van der Waals surface area contributed by atoms with Crippen molar-refractivity contribution in [2.45, 2.75) is 19.9 Å². The molecule has 7 heteroatoms. The van der Waals surface area contributed by atoms with Crippen LogP contribution in [0.3, 0.4) is 0 Å². The Kier molecular flexibility index (Phi) is 4.38. The Labute approximate surface area is 125 Å². The summed E-state index contributed by atoms with van der Waals surface area (Å²) in [5, 5.41) is 5.53. The number of fused-ring (bicyclic) bond motifs is 1. The SMILES string of the molecule is CCCNCc1c(N2CCS(=O)CC2)nc2sccn12. The predicted octanol–water partition coefficient (Wildman–Crippen LogP) is 1.46. The van der Waals surface area contributed by atoms with Crippen molar-refractivity contribution in [3.63, 3.8) is 0 Å². The van der Waals surface area contributed by atoms with Crippen molar-refractivity contribution < 1.29 is 4.21 Å². The van der Waals surface area contributed by atoms with Crippen LogP contribution < -0.4 is 10.2 Å². The highest BCUT2D eigenvalue weighted by atomic mass is 32.2. The van der Waals surface area contributed by atoms with Gasteiger partial charge in [0.2, 0.25) is 0 Å². The summed E-state index contributed by atoms with van der Waals surface area (Å²) in [7, 11) is -0.645. The van der Waals surface area contributed by atoms with E-state index in [1.54, 1.807) is 11.3 Å². The molecule has 0 radical (unpaired) electrons. The Balaban J connectivity index is 1.86. The van der Waals surface area contributed by atoms with E-state index in [9.17, 15) is 4.21 Å². The minimum Gasteiger partial charge on any atom is -0.353 e. The van der Waals surface area contributed by atoms with Crippen molar-refractivity contribution in [3.05, 3.63) is 17.3 Å². The van der Waals surface area contributed by atoms with E-state index in [2.05, 4.69) is 33.1 Å². The fourth-order valence-corrected chi connectivity index (χ4v) is 4.25. The van der Waals surface area contributed by atoms with Gasteiger partial charge in [-0.15, -0.1) is 11.3 Å². The Morgan fingerprint density at radius 3 is 3.00 bits per heavy atom. The molecule has 0 bridgehead atoms. The summed E-state index contributed by atoms with van der Waals surface area (Å²) in [5.74, 6) is 2.58. The summed E-state index contributed by atoms with van der Waals surface area (Å²) >= 11 is 1.66. The van der Waals surface area contributed by atoms with Crippen LogP contribution in [0.25, 0.3) is 4.96 Å². The number of anilines is 1. The van der Waals surface area contributed by atoms with E-state index in [0.717, 1.165) is 54.9 Å². The van der Waals surface area contributed by atoms with Gasteiger partial charge in [-0.1, -0.05) is 6.92 Å². The second-order valence-electron chi connectivity index (χ2n) is 4.95. The zero-order chi connectivity index (χ0) is 13.9. The number of imidazole rings is 1. The van der Waals surface area contributed by atoms with Gasteiger partial charge in [-0.3, -0.25) is 8.61 Å². The predicted molar refractivity (Wildman–Crippen MR) is 85.2 cm³/mol. The number of hydrogen-bond donors (Lipinski definition) is 1. The molecule has 3 rings (SSSR count). The van der Waals surface area contributed by atoms with Gasteiger partial charge >= 0.3 is 0 Å². The average Bonchev–Trinajstić information content (AvgIpc) is 3.02. The Hall–Kier alpha value is -0.920. The molecule has 0 spiro atoms. The largest absolute Gasteiger partial charge is 0.353 e. The third-order valence-electron chi connectivity index (χ3n) is 3.54. The van der Waals surface area contributed by atoms with E-state index < -0.39 is 10.8 Å². The minimum absolute atomic E-state index is 0.645. The Morgan fingerprint density at radius 1 is 1.45 bits per heavy atom. The van der Waals surface area contributed by atoms with Gasteiger partial charge in [0.1, 0.15) is 0 Å². The normalized spacial score (nSPS) is 17.1. The molecule has 0 atom stereocenters. The van der Waals surface area contributed by atoms with Gasteiger partial charge in [0.25, 0.3) is 0 Å². The summed E-state index contributed by atoms with van der Waals surface area (Å²) in [4.78, 5) is 8.09. The van der Waals surface area contributed by atoms with Crippen LogP contribution in [0, 0.1) is 0 Å². The lowest BCUT2D eigenvalue weighted by atomic mass is 10.3. The van der Waals surface area contributed by atoms with Gasteiger partial charge in [0.15, 0.2) is 10.8 Å². The monoisotopic (exact) mass is 312 g/mol. The molecule has 3 heterocycles. The summed E-state index contributed by atoms with van der Waals surface area (Å²) in [6.07, 6.45) is 3.21. The third-order valence-corrected chi connectivity index (χ3v) is 5.57. The second kappa shape index (κ2) is 6.24. The lowest BCUT2D eigenvalue weighted by molar-refractivity contribution is 0.655.